The average Bonchev–Trinajstić information content (AvgIpc) is 3.19. The second-order valence-electron chi connectivity index (χ2n) is 12.3. The Morgan fingerprint density at radius 1 is 1.08 bits per heavy atom. The Labute approximate surface area is 212 Å². The smallest absolute Gasteiger partial charge is 0.342 e. The highest BCUT2D eigenvalue weighted by Gasteiger charge is 2.91. The van der Waals surface area contributed by atoms with Gasteiger partial charge in [-0.15, -0.1) is 0 Å². The van der Waals surface area contributed by atoms with Gasteiger partial charge < -0.3 is 24.4 Å². The molecule has 1 spiro atoms. The third-order valence-electron chi connectivity index (χ3n) is 10.9. The lowest BCUT2D eigenvalue weighted by Gasteiger charge is -2.60. The van der Waals surface area contributed by atoms with Crippen LogP contribution in [0, 0.1) is 28.6 Å². The number of fused-ring (bicyclic) bond motifs is 9. The van der Waals surface area contributed by atoms with E-state index in [1.165, 1.54) is 13.0 Å². The fourth-order valence-corrected chi connectivity index (χ4v) is 8.81. The van der Waals surface area contributed by atoms with E-state index in [-0.39, 0.29) is 30.6 Å². The molecule has 194 valence electrons. The number of carbonyl (C=O) groups excluding carboxylic acids is 4. The topological polar surface area (TPSA) is 136 Å². The van der Waals surface area contributed by atoms with Crippen molar-refractivity contribution in [3.63, 3.8) is 0 Å². The highest BCUT2D eigenvalue weighted by molar-refractivity contribution is 6.02. The maximum atomic E-state index is 14.5. The quantitative estimate of drug-likeness (QED) is 0.366. The largest absolute Gasteiger partial charge is 0.455 e. The second kappa shape index (κ2) is 6.22. The fraction of sp³-hybridized carbons (Fsp3) is 0.571. The maximum Gasteiger partial charge on any atom is 0.342 e. The number of hydrogen-bond donors (Lipinski definition) is 2. The van der Waals surface area contributed by atoms with Crippen LogP contribution in [-0.2, 0) is 33.4 Å². The van der Waals surface area contributed by atoms with Crippen molar-refractivity contribution in [2.75, 3.05) is 0 Å². The normalized spacial score (nSPS) is 54.9. The third kappa shape index (κ3) is 2.08. The number of aliphatic hydroxyl groups is 2. The van der Waals surface area contributed by atoms with Crippen molar-refractivity contribution in [3.8, 4) is 0 Å². The molecule has 0 aromatic carbocycles. The molecule has 7 rings (SSSR count). The van der Waals surface area contributed by atoms with E-state index in [9.17, 15) is 29.4 Å². The molecule has 2 N–H and O–H groups in total. The van der Waals surface area contributed by atoms with Gasteiger partial charge in [-0.2, -0.15) is 0 Å². The monoisotopic (exact) mass is 508 g/mol. The summed E-state index contributed by atoms with van der Waals surface area (Å²) in [7, 11) is 0. The predicted molar refractivity (Wildman–Crippen MR) is 124 cm³/mol. The van der Waals surface area contributed by atoms with Gasteiger partial charge in [0.2, 0.25) is 5.79 Å². The average molecular weight is 509 g/mol. The molecule has 9 heteroatoms. The molecular formula is C28H28O9. The molecular weight excluding hydrogens is 480 g/mol. The summed E-state index contributed by atoms with van der Waals surface area (Å²) in [5, 5.41) is 24.5. The molecule has 4 aliphatic heterocycles. The molecule has 0 radical (unpaired) electrons. The number of carbonyl (C=O) groups is 4. The molecule has 4 heterocycles. The Bertz CT molecular complexity index is 1360. The summed E-state index contributed by atoms with van der Waals surface area (Å²) >= 11 is 0. The van der Waals surface area contributed by atoms with Crippen LogP contribution in [0.4, 0.5) is 0 Å². The summed E-state index contributed by atoms with van der Waals surface area (Å²) in [5.41, 5.74) is -7.81. The van der Waals surface area contributed by atoms with Gasteiger partial charge in [-0.3, -0.25) is 9.59 Å². The van der Waals surface area contributed by atoms with E-state index >= 15 is 0 Å². The first-order valence-corrected chi connectivity index (χ1v) is 12.7. The van der Waals surface area contributed by atoms with Gasteiger partial charge in [-0.25, -0.2) is 9.59 Å². The molecule has 4 saturated heterocycles. The van der Waals surface area contributed by atoms with Crippen LogP contribution in [0.5, 0.6) is 0 Å². The van der Waals surface area contributed by atoms with Crippen LogP contribution in [0.1, 0.15) is 40.0 Å². The number of rotatable bonds is 0. The molecule has 5 fully saturated rings. The number of allylic oxidation sites excluding steroid dienone is 5. The molecule has 0 unspecified atom stereocenters. The summed E-state index contributed by atoms with van der Waals surface area (Å²) in [6.07, 6.45) is 7.34. The predicted octanol–water partition coefficient (Wildman–Crippen LogP) is 1.24. The van der Waals surface area contributed by atoms with Gasteiger partial charge in [0, 0.05) is 16.9 Å². The highest BCUT2D eigenvalue weighted by Crippen LogP contribution is 2.73. The summed E-state index contributed by atoms with van der Waals surface area (Å²) in [6, 6.07) is 0. The van der Waals surface area contributed by atoms with E-state index in [0.717, 1.165) is 0 Å². The molecule has 10 atom stereocenters. The van der Waals surface area contributed by atoms with Gasteiger partial charge in [-0.05, 0) is 50.7 Å². The van der Waals surface area contributed by atoms with Gasteiger partial charge in [0.05, 0.1) is 11.3 Å². The van der Waals surface area contributed by atoms with Crippen LogP contribution in [0.3, 0.4) is 0 Å². The Morgan fingerprint density at radius 3 is 2.54 bits per heavy atom. The SMILES string of the molecule is C=C1C(=O)O[C@@H]2C[C@@]1(C)[C@@H]1C(=O)[C@]3(O)O[C@]14[C@@]2(C)OC(=O)[C@@]4(O)CC[C@H]1[C@H]3C=CC2=CC=CC(=O)[C@@]21C. The van der Waals surface area contributed by atoms with E-state index in [1.807, 2.05) is 6.08 Å². The van der Waals surface area contributed by atoms with E-state index in [2.05, 4.69) is 6.58 Å². The van der Waals surface area contributed by atoms with Gasteiger partial charge in [-0.1, -0.05) is 37.8 Å². The first kappa shape index (κ1) is 23.3. The lowest BCUT2D eigenvalue weighted by atomic mass is 9.47. The summed E-state index contributed by atoms with van der Waals surface area (Å²) in [4.78, 5) is 54.2. The van der Waals surface area contributed by atoms with E-state index in [0.29, 0.717) is 5.57 Å². The summed E-state index contributed by atoms with van der Waals surface area (Å²) in [6.45, 7) is 8.82. The summed E-state index contributed by atoms with van der Waals surface area (Å²) in [5.74, 6) is -8.17. The molecule has 1 saturated carbocycles. The van der Waals surface area contributed by atoms with Crippen molar-refractivity contribution in [2.24, 2.45) is 28.6 Å². The number of ether oxygens (including phenoxy) is 3. The fourth-order valence-electron chi connectivity index (χ4n) is 8.81. The van der Waals surface area contributed by atoms with Gasteiger partial charge in [0.15, 0.2) is 28.4 Å². The van der Waals surface area contributed by atoms with Gasteiger partial charge in [0.1, 0.15) is 6.10 Å². The zero-order valence-corrected chi connectivity index (χ0v) is 20.8. The Hall–Kier alpha value is -2.88. The molecule has 0 amide bonds. The minimum atomic E-state index is -2.50. The van der Waals surface area contributed by atoms with Crippen molar-refractivity contribution < 1.29 is 43.6 Å². The summed E-state index contributed by atoms with van der Waals surface area (Å²) < 4.78 is 17.9. The minimum Gasteiger partial charge on any atom is -0.455 e. The van der Waals surface area contributed by atoms with Crippen molar-refractivity contribution in [3.05, 3.63) is 48.1 Å². The van der Waals surface area contributed by atoms with Crippen LogP contribution >= 0.6 is 0 Å². The van der Waals surface area contributed by atoms with Crippen molar-refractivity contribution in [1.29, 1.82) is 0 Å². The number of esters is 2. The molecule has 0 aromatic heterocycles. The third-order valence-corrected chi connectivity index (χ3v) is 10.9. The van der Waals surface area contributed by atoms with Crippen LogP contribution in [-0.4, -0.2) is 62.4 Å². The molecule has 7 aliphatic rings. The van der Waals surface area contributed by atoms with Crippen LogP contribution < -0.4 is 0 Å². The molecule has 3 aliphatic carbocycles. The van der Waals surface area contributed by atoms with Crippen molar-refractivity contribution in [1.82, 2.24) is 0 Å². The number of hydrogen-bond acceptors (Lipinski definition) is 9. The highest BCUT2D eigenvalue weighted by atomic mass is 16.7. The standard InChI is InChI=1S/C28H28O9/c1-13-21(31)35-18-12-23(13,2)19-20(30)27(34)16-9-8-14-6-5-7-17(29)24(14,3)15(16)10-11-26(33)22(32)36-25(18,4)28(19,26)37-27/h5-9,15-16,18-19,33-34H,1,10-12H2,2-4H3/t15-,16+,18+,19-,23+,24-,25-,26-,27+,28-/m0/s1. The molecule has 37 heavy (non-hydrogen) atoms. The Kier molecular flexibility index (Phi) is 3.91. The molecule has 4 bridgehead atoms. The number of ketones is 2. The first-order chi connectivity index (χ1) is 17.2. The number of Topliss-reactive ketones (excluding diaryl/α,β-unsaturated/α-hetero) is 1. The Balaban J connectivity index is 1.52. The zero-order chi connectivity index (χ0) is 26.6. The first-order valence-electron chi connectivity index (χ1n) is 12.7. The van der Waals surface area contributed by atoms with E-state index in [4.69, 9.17) is 14.2 Å². The van der Waals surface area contributed by atoms with E-state index < -0.39 is 75.0 Å². The Morgan fingerprint density at radius 2 is 1.81 bits per heavy atom. The van der Waals surface area contributed by atoms with Crippen LogP contribution in [0.15, 0.2) is 48.1 Å². The van der Waals surface area contributed by atoms with Gasteiger partial charge >= 0.3 is 11.9 Å². The van der Waals surface area contributed by atoms with Crippen LogP contribution in [0.25, 0.3) is 0 Å². The van der Waals surface area contributed by atoms with Crippen molar-refractivity contribution in [2.45, 2.75) is 68.7 Å². The van der Waals surface area contributed by atoms with Crippen LogP contribution in [0.2, 0.25) is 0 Å². The maximum absolute atomic E-state index is 14.5. The zero-order valence-electron chi connectivity index (χ0n) is 20.8. The second-order valence-corrected chi connectivity index (χ2v) is 12.3. The van der Waals surface area contributed by atoms with Gasteiger partial charge in [0.25, 0.3) is 0 Å². The minimum absolute atomic E-state index is 0.0119. The molecule has 0 aromatic rings. The lowest BCUT2D eigenvalue weighted by Crippen LogP contribution is -2.77. The molecule has 9 nitrogen and oxygen atoms in total. The lowest BCUT2D eigenvalue weighted by molar-refractivity contribution is -0.335. The van der Waals surface area contributed by atoms with Crippen molar-refractivity contribution >= 4 is 23.5 Å². The van der Waals surface area contributed by atoms with E-state index in [1.54, 1.807) is 32.1 Å².